The van der Waals surface area contributed by atoms with E-state index < -0.39 is 0 Å². The average molecular weight is 290 g/mol. The Morgan fingerprint density at radius 1 is 1.31 bits per heavy atom. The first-order chi connectivity index (χ1) is 6.27. The van der Waals surface area contributed by atoms with Gasteiger partial charge in [-0.3, -0.25) is 0 Å². The van der Waals surface area contributed by atoms with Crippen LogP contribution in [-0.2, 0) is 0 Å². The summed E-state index contributed by atoms with van der Waals surface area (Å²) in [6.45, 7) is 0. The number of halogens is 2. The van der Waals surface area contributed by atoms with Crippen LogP contribution in [0.15, 0.2) is 24.7 Å². The van der Waals surface area contributed by atoms with Gasteiger partial charge in [0.05, 0.1) is 22.2 Å². The van der Waals surface area contributed by atoms with Gasteiger partial charge in [0.25, 0.3) is 0 Å². The Hall–Kier alpha value is -1.05. The normalized spacial score (nSPS) is 10.3. The summed E-state index contributed by atoms with van der Waals surface area (Å²) in [4.78, 5) is 5.22. The highest BCUT2D eigenvalue weighted by atomic mass is 127. The topological polar surface area (TPSA) is 43.6 Å². The van der Waals surface area contributed by atoms with Crippen LogP contribution in [0.1, 0.15) is 0 Å². The maximum absolute atomic E-state index is 12.7. The Morgan fingerprint density at radius 2 is 2.00 bits per heavy atom. The molecule has 0 N–H and O–H groups in total. The number of hydrogen-bond donors (Lipinski definition) is 0. The molecule has 0 saturated carbocycles. The smallest absolute Gasteiger partial charge is 0.187 e. The van der Waals surface area contributed by atoms with E-state index in [9.17, 15) is 4.39 Å². The lowest BCUT2D eigenvalue weighted by Gasteiger charge is -2.00. The van der Waals surface area contributed by atoms with Crippen molar-refractivity contribution in [1.29, 1.82) is 0 Å². The molecular formula is C7H4FIN4. The van der Waals surface area contributed by atoms with E-state index in [-0.39, 0.29) is 5.82 Å². The van der Waals surface area contributed by atoms with Gasteiger partial charge in [-0.25, -0.2) is 9.37 Å². The van der Waals surface area contributed by atoms with Crippen molar-refractivity contribution in [1.82, 2.24) is 20.0 Å². The maximum atomic E-state index is 12.7. The van der Waals surface area contributed by atoms with Crippen LogP contribution >= 0.6 is 22.6 Å². The lowest BCUT2D eigenvalue weighted by molar-refractivity contribution is 0.614. The number of hydrogen-bond acceptors (Lipinski definition) is 3. The van der Waals surface area contributed by atoms with E-state index >= 15 is 0 Å². The van der Waals surface area contributed by atoms with Gasteiger partial charge >= 0.3 is 0 Å². The molecule has 66 valence electrons. The van der Waals surface area contributed by atoms with Gasteiger partial charge in [-0.15, -0.1) is 4.80 Å². The maximum Gasteiger partial charge on any atom is 0.187 e. The van der Waals surface area contributed by atoms with Gasteiger partial charge in [-0.1, -0.05) is 0 Å². The highest BCUT2D eigenvalue weighted by molar-refractivity contribution is 14.1. The number of nitrogens with zero attached hydrogens (tertiary/aromatic N) is 4. The Labute approximate surface area is 86.9 Å². The quantitative estimate of drug-likeness (QED) is 0.746. The van der Waals surface area contributed by atoms with Gasteiger partial charge in [0.1, 0.15) is 5.82 Å². The molecule has 0 spiro atoms. The van der Waals surface area contributed by atoms with Gasteiger partial charge in [0, 0.05) is 0 Å². The third kappa shape index (κ3) is 1.67. The van der Waals surface area contributed by atoms with Crippen LogP contribution in [0.4, 0.5) is 4.39 Å². The molecule has 13 heavy (non-hydrogen) atoms. The van der Waals surface area contributed by atoms with E-state index in [4.69, 9.17) is 0 Å². The molecular weight excluding hydrogens is 286 g/mol. The van der Waals surface area contributed by atoms with E-state index in [1.807, 2.05) is 22.6 Å². The number of rotatable bonds is 1. The van der Waals surface area contributed by atoms with Crippen LogP contribution in [0, 0.1) is 9.39 Å². The summed E-state index contributed by atoms with van der Waals surface area (Å²) in [7, 11) is 0. The minimum atomic E-state index is -0.361. The second-order valence-electron chi connectivity index (χ2n) is 2.28. The summed E-state index contributed by atoms with van der Waals surface area (Å²) in [5.41, 5.74) is 0. The molecule has 0 unspecified atom stereocenters. The SMILES string of the molecule is Fc1cnc(-n2nccn2)c(I)c1. The molecule has 2 rings (SSSR count). The van der Waals surface area contributed by atoms with Crippen molar-refractivity contribution in [3.63, 3.8) is 0 Å². The lowest BCUT2D eigenvalue weighted by atomic mass is 10.4. The first-order valence-electron chi connectivity index (χ1n) is 3.45. The van der Waals surface area contributed by atoms with Gasteiger partial charge < -0.3 is 0 Å². The standard InChI is InChI=1S/C7H4FIN4/c8-5-3-6(9)7(10-4-5)13-11-1-2-12-13/h1-4H. The van der Waals surface area contributed by atoms with Crippen LogP contribution in [0.2, 0.25) is 0 Å². The zero-order valence-corrected chi connectivity index (χ0v) is 8.51. The molecule has 2 aromatic heterocycles. The fourth-order valence-corrected chi connectivity index (χ4v) is 1.53. The van der Waals surface area contributed by atoms with Crippen LogP contribution in [-0.4, -0.2) is 20.0 Å². The molecule has 6 heteroatoms. The Kier molecular flexibility index (Phi) is 2.21. The van der Waals surface area contributed by atoms with Gasteiger partial charge in [0.2, 0.25) is 0 Å². The van der Waals surface area contributed by atoms with Gasteiger partial charge in [0.15, 0.2) is 5.82 Å². The summed E-state index contributed by atoms with van der Waals surface area (Å²) in [5, 5.41) is 7.79. The first kappa shape index (κ1) is 8.54. The van der Waals surface area contributed by atoms with Crippen molar-refractivity contribution < 1.29 is 4.39 Å². The molecule has 0 radical (unpaired) electrons. The number of pyridine rings is 1. The minimum Gasteiger partial charge on any atom is -0.232 e. The van der Waals surface area contributed by atoms with Crippen molar-refractivity contribution in [2.45, 2.75) is 0 Å². The van der Waals surface area contributed by atoms with E-state index in [0.717, 1.165) is 6.20 Å². The van der Waals surface area contributed by atoms with Crippen molar-refractivity contribution in [3.8, 4) is 5.82 Å². The molecule has 0 amide bonds. The summed E-state index contributed by atoms with van der Waals surface area (Å²) >= 11 is 1.98. The molecule has 2 aromatic rings. The Morgan fingerprint density at radius 3 is 2.62 bits per heavy atom. The third-order valence-electron chi connectivity index (χ3n) is 1.40. The summed E-state index contributed by atoms with van der Waals surface area (Å²) < 4.78 is 13.3. The molecule has 0 fully saturated rings. The average Bonchev–Trinajstić information content (AvgIpc) is 2.56. The van der Waals surface area contributed by atoms with Crippen LogP contribution < -0.4 is 0 Å². The van der Waals surface area contributed by atoms with Crippen LogP contribution in [0.25, 0.3) is 5.82 Å². The highest BCUT2D eigenvalue weighted by Gasteiger charge is 2.05. The monoisotopic (exact) mass is 290 g/mol. The van der Waals surface area contributed by atoms with E-state index in [2.05, 4.69) is 15.2 Å². The molecule has 0 aliphatic heterocycles. The predicted octanol–water partition coefficient (Wildman–Crippen LogP) is 1.41. The Bertz CT molecular complexity index is 414. The second kappa shape index (κ2) is 3.36. The van der Waals surface area contributed by atoms with E-state index in [0.29, 0.717) is 9.39 Å². The highest BCUT2D eigenvalue weighted by Crippen LogP contribution is 2.13. The lowest BCUT2D eigenvalue weighted by Crippen LogP contribution is -2.04. The van der Waals surface area contributed by atoms with Gasteiger partial charge in [-0.2, -0.15) is 10.2 Å². The van der Waals surface area contributed by atoms with Crippen molar-refractivity contribution in [2.75, 3.05) is 0 Å². The largest absolute Gasteiger partial charge is 0.232 e. The van der Waals surface area contributed by atoms with Crippen LogP contribution in [0.3, 0.4) is 0 Å². The zero-order valence-electron chi connectivity index (χ0n) is 6.35. The third-order valence-corrected chi connectivity index (χ3v) is 2.19. The molecule has 0 aliphatic rings. The van der Waals surface area contributed by atoms with Crippen molar-refractivity contribution in [2.24, 2.45) is 0 Å². The zero-order chi connectivity index (χ0) is 9.26. The molecule has 0 aromatic carbocycles. The minimum absolute atomic E-state index is 0.361. The summed E-state index contributed by atoms with van der Waals surface area (Å²) in [5.74, 6) is 0.173. The fourth-order valence-electron chi connectivity index (χ4n) is 0.880. The molecule has 0 bridgehead atoms. The van der Waals surface area contributed by atoms with Crippen LogP contribution in [0.5, 0.6) is 0 Å². The van der Waals surface area contributed by atoms with E-state index in [1.54, 1.807) is 12.4 Å². The van der Waals surface area contributed by atoms with Crippen molar-refractivity contribution >= 4 is 22.6 Å². The summed E-state index contributed by atoms with van der Waals surface area (Å²) in [6.07, 6.45) is 4.23. The summed E-state index contributed by atoms with van der Waals surface area (Å²) in [6, 6.07) is 1.38. The van der Waals surface area contributed by atoms with Gasteiger partial charge in [-0.05, 0) is 28.7 Å². The molecule has 0 atom stereocenters. The first-order valence-corrected chi connectivity index (χ1v) is 4.53. The predicted molar refractivity (Wildman–Crippen MR) is 51.8 cm³/mol. The van der Waals surface area contributed by atoms with E-state index in [1.165, 1.54) is 10.9 Å². The molecule has 0 aliphatic carbocycles. The molecule has 4 nitrogen and oxygen atoms in total. The second-order valence-corrected chi connectivity index (χ2v) is 3.44. The number of aromatic nitrogens is 4. The molecule has 0 saturated heterocycles. The fraction of sp³-hybridized carbons (Fsp3) is 0. The van der Waals surface area contributed by atoms with Crippen molar-refractivity contribution in [3.05, 3.63) is 34.0 Å². The Balaban J connectivity index is 2.53. The molecule has 2 heterocycles.